The van der Waals surface area contributed by atoms with E-state index in [9.17, 15) is 62.3 Å². The van der Waals surface area contributed by atoms with Crippen LogP contribution in [0, 0.1) is 5.92 Å². The molecule has 0 unspecified atom stereocenters. The first-order valence-corrected chi connectivity index (χ1v) is 33.6. The summed E-state index contributed by atoms with van der Waals surface area (Å²) >= 11 is 1.45. The normalized spacial score (nSPS) is 16.8. The second kappa shape index (κ2) is 41.0. The standard InChI is InChI=1S/C63H98N18O13S/c1-37(2)33-45(57(89)74-41(53(68)85)27-32-95-3)73-52(84)36-72-54(86)46(34-38-15-6-4-7-16-38)78-58(90)47(35-39-17-8-5-9-18-39)79-56(88)42(23-25-50(66)82)75-55(87)43(24-26-51(67)83)76-59(91)49-22-14-31-81(49)62(94)44(20-10-11-28-64)77-60(92)48-21-13-30-80(48)61(93)40(65)19-12-29-71-63(69)70/h4-9,15-18,37,40-49H,10-14,19-36,64-65H2,1-3H3,(H2,66,82)(H2,67,83)(H2,68,85)(H,72,86)(H,73,84)(H,74,89)(H,75,87)(H,76,91)(H,77,92)(H,78,90)(H,79,88)(H4,69,70,71)/t40-,41+,42-,43+,44-,45-,46+,47+,48+,49+/m1/s1. The topological polar surface area (TPSA) is 519 Å². The minimum Gasteiger partial charge on any atom is -0.370 e. The van der Waals surface area contributed by atoms with Crippen molar-refractivity contribution in [3.63, 3.8) is 0 Å². The minimum atomic E-state index is -1.64. The fourth-order valence-electron chi connectivity index (χ4n) is 11.0. The first kappa shape index (κ1) is 78.5. The number of nitrogens with two attached hydrogens (primary N) is 7. The van der Waals surface area contributed by atoms with Gasteiger partial charge in [0.1, 0.15) is 54.4 Å². The number of guanidine groups is 1. The van der Waals surface area contributed by atoms with Gasteiger partial charge in [-0.25, -0.2) is 0 Å². The molecule has 22 N–H and O–H groups in total. The summed E-state index contributed by atoms with van der Waals surface area (Å²) in [5.41, 5.74) is 40.6. The number of amides is 13. The molecule has 2 aliphatic heterocycles. The van der Waals surface area contributed by atoms with Crippen LogP contribution in [0.4, 0.5) is 0 Å². The molecular weight excluding hydrogens is 1250 g/mol. The molecule has 2 aliphatic rings. The van der Waals surface area contributed by atoms with Gasteiger partial charge in [0.15, 0.2) is 5.96 Å². The second-order valence-corrected chi connectivity index (χ2v) is 25.1. The van der Waals surface area contributed by atoms with Crippen LogP contribution in [0.2, 0.25) is 0 Å². The Bertz CT molecular complexity index is 2960. The Balaban J connectivity index is 1.56. The molecule has 2 heterocycles. The van der Waals surface area contributed by atoms with E-state index in [1.807, 2.05) is 20.1 Å². The van der Waals surface area contributed by atoms with E-state index in [1.54, 1.807) is 60.7 Å². The van der Waals surface area contributed by atoms with Gasteiger partial charge in [-0.05, 0) is 119 Å². The van der Waals surface area contributed by atoms with E-state index in [1.165, 1.54) is 21.6 Å². The maximum Gasteiger partial charge on any atom is 0.245 e. The SMILES string of the molecule is CSCC[C@H](NC(=O)[C@@H](CC(C)C)NC(=O)CNC(=O)[C@H](Cc1ccccc1)NC(=O)[C@H](Cc1ccccc1)NC(=O)[C@@H](CCC(N)=O)NC(=O)[C@H](CCC(N)=O)NC(=O)[C@@H]1CCCN1C(=O)[C@@H](CCCCN)NC(=O)[C@@H]1CCCN1C(=O)[C@H](N)CCCN=C(N)N)C(N)=O. The largest absolute Gasteiger partial charge is 0.370 e. The van der Waals surface area contributed by atoms with Crippen molar-refractivity contribution in [2.75, 3.05) is 44.7 Å². The summed E-state index contributed by atoms with van der Waals surface area (Å²) in [6.07, 6.45) is 3.12. The number of primary amides is 3. The Kier molecular flexibility index (Phi) is 33.9. The van der Waals surface area contributed by atoms with E-state index in [2.05, 4.69) is 47.5 Å². The monoisotopic (exact) mass is 1350 g/mol. The Hall–Kier alpha value is -8.91. The summed E-state index contributed by atoms with van der Waals surface area (Å²) in [7, 11) is 0. The predicted molar refractivity (Wildman–Crippen MR) is 356 cm³/mol. The van der Waals surface area contributed by atoms with Crippen LogP contribution in [0.5, 0.6) is 0 Å². The summed E-state index contributed by atoms with van der Waals surface area (Å²) in [5, 5.41) is 21.1. The molecule has 13 amide bonds. The zero-order valence-corrected chi connectivity index (χ0v) is 55.3. The van der Waals surface area contributed by atoms with E-state index in [-0.39, 0.29) is 83.0 Å². The molecule has 2 aromatic carbocycles. The highest BCUT2D eigenvalue weighted by Crippen LogP contribution is 2.24. The highest BCUT2D eigenvalue weighted by molar-refractivity contribution is 7.98. The van der Waals surface area contributed by atoms with E-state index < -0.39 is 169 Å². The fraction of sp³-hybridized carbons (Fsp3) is 0.587. The summed E-state index contributed by atoms with van der Waals surface area (Å²) in [5.74, 6) is -9.80. The molecule has 0 aliphatic carbocycles. The number of nitrogens with one attached hydrogen (secondary N) is 8. The molecule has 0 saturated carbocycles. The lowest BCUT2D eigenvalue weighted by Gasteiger charge is -2.32. The number of carbonyl (C=O) groups is 13. The first-order chi connectivity index (χ1) is 45.2. The van der Waals surface area contributed by atoms with Crippen LogP contribution in [0.3, 0.4) is 0 Å². The number of rotatable bonds is 42. The van der Waals surface area contributed by atoms with Crippen molar-refractivity contribution in [3.8, 4) is 0 Å². The molecule has 0 aromatic heterocycles. The first-order valence-electron chi connectivity index (χ1n) is 32.2. The lowest BCUT2D eigenvalue weighted by molar-refractivity contribution is -0.144. The number of thioether (sulfide) groups is 1. The fourth-order valence-corrected chi connectivity index (χ4v) is 11.5. The quantitative estimate of drug-likeness (QED) is 0.0173. The van der Waals surface area contributed by atoms with Gasteiger partial charge in [-0.1, -0.05) is 74.5 Å². The Morgan fingerprint density at radius 3 is 1.51 bits per heavy atom. The summed E-state index contributed by atoms with van der Waals surface area (Å²) in [4.78, 5) is 185. The second-order valence-electron chi connectivity index (χ2n) is 24.1. The van der Waals surface area contributed by atoms with E-state index in [0.717, 1.165) is 0 Å². The molecule has 31 nitrogen and oxygen atoms in total. The van der Waals surface area contributed by atoms with Gasteiger partial charge in [0.2, 0.25) is 76.8 Å². The number of hydrogen-bond acceptors (Lipinski definition) is 17. The number of nitrogens with zero attached hydrogens (tertiary/aromatic N) is 3. The summed E-state index contributed by atoms with van der Waals surface area (Å²) in [6.45, 7) is 3.86. The third-order valence-electron chi connectivity index (χ3n) is 16.0. The van der Waals surface area contributed by atoms with Crippen LogP contribution in [0.15, 0.2) is 65.7 Å². The van der Waals surface area contributed by atoms with Gasteiger partial charge in [-0.3, -0.25) is 67.3 Å². The van der Waals surface area contributed by atoms with E-state index >= 15 is 0 Å². The molecule has 95 heavy (non-hydrogen) atoms. The van der Waals surface area contributed by atoms with Crippen molar-refractivity contribution in [1.82, 2.24) is 52.3 Å². The summed E-state index contributed by atoms with van der Waals surface area (Å²) < 4.78 is 0. The van der Waals surface area contributed by atoms with Crippen LogP contribution < -0.4 is 82.7 Å². The van der Waals surface area contributed by atoms with Crippen molar-refractivity contribution < 1.29 is 62.3 Å². The lowest BCUT2D eigenvalue weighted by Crippen LogP contribution is -2.60. The minimum absolute atomic E-state index is 0.0736. The number of benzene rings is 2. The average Bonchev–Trinajstić information content (AvgIpc) is 1.74. The Morgan fingerprint density at radius 1 is 0.537 bits per heavy atom. The molecule has 32 heteroatoms. The Labute approximate surface area is 558 Å². The third-order valence-corrected chi connectivity index (χ3v) is 16.7. The van der Waals surface area contributed by atoms with Crippen LogP contribution >= 0.6 is 11.8 Å². The molecule has 10 atom stereocenters. The summed E-state index contributed by atoms with van der Waals surface area (Å²) in [6, 6.07) is 4.51. The zero-order valence-electron chi connectivity index (χ0n) is 54.5. The molecular formula is C63H98N18O13S. The maximum atomic E-state index is 14.7. The van der Waals surface area contributed by atoms with Crippen LogP contribution in [-0.4, -0.2) is 198 Å². The van der Waals surface area contributed by atoms with Crippen molar-refractivity contribution in [2.45, 2.75) is 183 Å². The van der Waals surface area contributed by atoms with Crippen molar-refractivity contribution in [2.24, 2.45) is 51.0 Å². The number of carbonyl (C=O) groups excluding carboxylic acids is 13. The van der Waals surface area contributed by atoms with E-state index in [0.29, 0.717) is 55.4 Å². The Morgan fingerprint density at radius 2 is 1.01 bits per heavy atom. The molecule has 0 bridgehead atoms. The molecule has 2 aromatic rings. The van der Waals surface area contributed by atoms with Crippen molar-refractivity contribution in [1.29, 1.82) is 0 Å². The average molecular weight is 1350 g/mol. The molecule has 4 rings (SSSR count). The van der Waals surface area contributed by atoms with Crippen LogP contribution in [0.25, 0.3) is 0 Å². The molecule has 524 valence electrons. The molecule has 0 spiro atoms. The highest BCUT2D eigenvalue weighted by Gasteiger charge is 2.42. The van der Waals surface area contributed by atoms with Gasteiger partial charge in [0, 0.05) is 45.3 Å². The number of unbranched alkanes of at least 4 members (excludes halogenated alkanes) is 1. The lowest BCUT2D eigenvalue weighted by atomic mass is 10.0. The van der Waals surface area contributed by atoms with Crippen molar-refractivity contribution >= 4 is 94.5 Å². The smallest absolute Gasteiger partial charge is 0.245 e. The van der Waals surface area contributed by atoms with Crippen LogP contribution in [-0.2, 0) is 75.2 Å². The van der Waals surface area contributed by atoms with Gasteiger partial charge in [0.25, 0.3) is 0 Å². The highest BCUT2D eigenvalue weighted by atomic mass is 32.2. The number of likely N-dealkylation sites (tertiary alicyclic amines) is 2. The van der Waals surface area contributed by atoms with Gasteiger partial charge >= 0.3 is 0 Å². The number of hydrogen-bond donors (Lipinski definition) is 15. The van der Waals surface area contributed by atoms with Gasteiger partial charge < -0.3 is 92.5 Å². The predicted octanol–water partition coefficient (Wildman–Crippen LogP) is -3.71. The molecule has 2 saturated heterocycles. The third kappa shape index (κ3) is 27.5. The maximum absolute atomic E-state index is 14.7. The molecule has 2 fully saturated rings. The van der Waals surface area contributed by atoms with Gasteiger partial charge in [0.05, 0.1) is 12.6 Å². The van der Waals surface area contributed by atoms with Crippen molar-refractivity contribution in [3.05, 3.63) is 71.8 Å². The van der Waals surface area contributed by atoms with Gasteiger partial charge in [-0.2, -0.15) is 11.8 Å². The van der Waals surface area contributed by atoms with E-state index in [4.69, 9.17) is 40.1 Å². The number of aliphatic imine (C=N–C) groups is 1. The zero-order chi connectivity index (χ0) is 70.1. The molecule has 0 radical (unpaired) electrons. The van der Waals surface area contributed by atoms with Gasteiger partial charge in [-0.15, -0.1) is 0 Å². The van der Waals surface area contributed by atoms with Crippen LogP contribution in [0.1, 0.15) is 121 Å².